The molecule has 5 rings (SSSR count). The summed E-state index contributed by atoms with van der Waals surface area (Å²) in [6.07, 6.45) is 1.87. The third kappa shape index (κ3) is 5.86. The Morgan fingerprint density at radius 3 is 2.56 bits per heavy atom. The van der Waals surface area contributed by atoms with E-state index in [1.54, 1.807) is 66.9 Å². The van der Waals surface area contributed by atoms with E-state index in [4.69, 9.17) is 16.3 Å². The zero-order chi connectivity index (χ0) is 27.4. The van der Waals surface area contributed by atoms with Crippen LogP contribution in [-0.4, -0.2) is 51.0 Å². The minimum atomic E-state index is -0.824. The van der Waals surface area contributed by atoms with Gasteiger partial charge in [0.25, 0.3) is 11.8 Å². The van der Waals surface area contributed by atoms with Gasteiger partial charge in [0.2, 0.25) is 11.8 Å². The molecule has 2 aromatic carbocycles. The molecule has 1 aliphatic heterocycles. The van der Waals surface area contributed by atoms with Crippen LogP contribution in [0.15, 0.2) is 79.0 Å². The van der Waals surface area contributed by atoms with Crippen molar-refractivity contribution in [2.24, 2.45) is 0 Å². The molecule has 1 atom stereocenters. The molecular formula is C28H23ClN6O4. The van der Waals surface area contributed by atoms with Crippen molar-refractivity contribution >= 4 is 40.8 Å². The van der Waals surface area contributed by atoms with E-state index in [0.717, 1.165) is 5.56 Å². The number of pyridine rings is 1. The van der Waals surface area contributed by atoms with Crippen LogP contribution in [-0.2, 0) is 17.8 Å². The Hall–Kier alpha value is -4.83. The van der Waals surface area contributed by atoms with Crippen LogP contribution in [0.4, 0.5) is 11.5 Å². The first kappa shape index (κ1) is 25.8. The number of nitrogens with zero attached hydrogens (tertiary/aromatic N) is 4. The molecule has 0 saturated heterocycles. The van der Waals surface area contributed by atoms with Gasteiger partial charge in [-0.3, -0.25) is 19.4 Å². The van der Waals surface area contributed by atoms with E-state index < -0.39 is 6.04 Å². The van der Waals surface area contributed by atoms with E-state index in [9.17, 15) is 14.4 Å². The van der Waals surface area contributed by atoms with E-state index >= 15 is 0 Å². The van der Waals surface area contributed by atoms with Crippen LogP contribution < -0.4 is 15.4 Å². The Balaban J connectivity index is 1.39. The Morgan fingerprint density at radius 1 is 1.05 bits per heavy atom. The Kier molecular flexibility index (Phi) is 7.46. The average molecular weight is 543 g/mol. The number of carbonyl (C=O) groups is 3. The monoisotopic (exact) mass is 542 g/mol. The lowest BCUT2D eigenvalue weighted by atomic mass is 10.0. The van der Waals surface area contributed by atoms with Gasteiger partial charge < -0.3 is 20.3 Å². The molecule has 2 N–H and O–H groups in total. The molecule has 4 aromatic rings. The maximum absolute atomic E-state index is 13.7. The van der Waals surface area contributed by atoms with Gasteiger partial charge in [0.15, 0.2) is 5.82 Å². The lowest BCUT2D eigenvalue weighted by Gasteiger charge is -2.28. The molecule has 2 aromatic heterocycles. The summed E-state index contributed by atoms with van der Waals surface area (Å²) < 4.78 is 4.97. The Labute approximate surface area is 229 Å². The maximum atomic E-state index is 13.7. The number of ether oxygens (including phenoxy) is 1. The molecule has 0 fully saturated rings. The second-order valence-corrected chi connectivity index (χ2v) is 9.20. The summed E-state index contributed by atoms with van der Waals surface area (Å²) in [7, 11) is 1.48. The van der Waals surface area contributed by atoms with Crippen molar-refractivity contribution < 1.29 is 19.1 Å². The smallest absolute Gasteiger partial charge is 0.256 e. The molecule has 0 radical (unpaired) electrons. The molecular weight excluding hydrogens is 520 g/mol. The fourth-order valence-electron chi connectivity index (χ4n) is 4.20. The predicted octanol–water partition coefficient (Wildman–Crippen LogP) is 3.99. The van der Waals surface area contributed by atoms with Gasteiger partial charge in [-0.2, -0.15) is 0 Å². The normalized spacial score (nSPS) is 14.7. The number of methoxy groups -OCH3 is 1. The number of anilines is 2. The van der Waals surface area contributed by atoms with E-state index in [0.29, 0.717) is 33.4 Å². The minimum Gasteiger partial charge on any atom is -0.480 e. The molecule has 0 bridgehead atoms. The van der Waals surface area contributed by atoms with Crippen molar-refractivity contribution in [1.82, 2.24) is 20.1 Å². The summed E-state index contributed by atoms with van der Waals surface area (Å²) in [5, 5.41) is 13.7. The molecule has 0 aliphatic carbocycles. The molecule has 3 heterocycles. The fraction of sp³-hybridized carbons (Fsp3) is 0.143. The standard InChI is InChI=1S/C28H23ClN6O4/c1-39-25-12-11-24(33-34-25)32-26(36)18-7-5-17(6-8-18)16-35-23(15-20-4-2-3-13-30-20)27(37)31-22-14-19(29)9-10-21(22)28(35)38/h2-14,23H,15-16H2,1H3,(H,31,37)(H,32,33,36). The number of amides is 3. The lowest BCUT2D eigenvalue weighted by molar-refractivity contribution is -0.120. The van der Waals surface area contributed by atoms with Gasteiger partial charge in [0, 0.05) is 41.5 Å². The number of halogens is 1. The first-order valence-corrected chi connectivity index (χ1v) is 12.4. The second kappa shape index (κ2) is 11.3. The largest absolute Gasteiger partial charge is 0.480 e. The highest BCUT2D eigenvalue weighted by molar-refractivity contribution is 6.31. The first-order valence-electron chi connectivity index (χ1n) is 12.0. The van der Waals surface area contributed by atoms with Crippen molar-refractivity contribution in [2.75, 3.05) is 17.7 Å². The summed E-state index contributed by atoms with van der Waals surface area (Å²) in [5.74, 6) is -0.416. The minimum absolute atomic E-state index is 0.137. The van der Waals surface area contributed by atoms with E-state index in [1.807, 2.05) is 12.1 Å². The summed E-state index contributed by atoms with van der Waals surface area (Å²) in [6, 6.07) is 19.3. The first-order chi connectivity index (χ1) is 18.9. The zero-order valence-corrected chi connectivity index (χ0v) is 21.6. The number of hydrogen-bond acceptors (Lipinski definition) is 7. The number of carbonyl (C=O) groups excluding carboxylic acids is 3. The van der Waals surface area contributed by atoms with Crippen LogP contribution in [0.2, 0.25) is 5.02 Å². The third-order valence-corrected chi connectivity index (χ3v) is 6.43. The van der Waals surface area contributed by atoms with Crippen LogP contribution in [0, 0.1) is 0 Å². The van der Waals surface area contributed by atoms with Gasteiger partial charge in [-0.15, -0.1) is 10.2 Å². The average Bonchev–Trinajstić information content (AvgIpc) is 3.04. The van der Waals surface area contributed by atoms with E-state index in [1.165, 1.54) is 12.0 Å². The topological polar surface area (TPSA) is 126 Å². The quantitative estimate of drug-likeness (QED) is 0.361. The van der Waals surface area contributed by atoms with Crippen LogP contribution in [0.5, 0.6) is 5.88 Å². The molecule has 10 nitrogen and oxygen atoms in total. The predicted molar refractivity (Wildman–Crippen MR) is 145 cm³/mol. The number of benzene rings is 2. The van der Waals surface area contributed by atoms with Crippen molar-refractivity contribution in [2.45, 2.75) is 19.0 Å². The summed E-state index contributed by atoms with van der Waals surface area (Å²) in [4.78, 5) is 45.6. The Bertz CT molecular complexity index is 1510. The van der Waals surface area contributed by atoms with Crippen molar-refractivity contribution in [1.29, 1.82) is 0 Å². The van der Waals surface area contributed by atoms with Crippen LogP contribution in [0.3, 0.4) is 0 Å². The summed E-state index contributed by atoms with van der Waals surface area (Å²) in [6.45, 7) is 0.137. The lowest BCUT2D eigenvalue weighted by Crippen LogP contribution is -2.46. The fourth-order valence-corrected chi connectivity index (χ4v) is 4.38. The molecule has 1 unspecified atom stereocenters. The number of rotatable bonds is 7. The van der Waals surface area contributed by atoms with Crippen LogP contribution in [0.1, 0.15) is 32.0 Å². The van der Waals surface area contributed by atoms with Crippen molar-refractivity contribution in [3.05, 3.63) is 106 Å². The third-order valence-electron chi connectivity index (χ3n) is 6.20. The Morgan fingerprint density at radius 2 is 1.87 bits per heavy atom. The van der Waals surface area contributed by atoms with Gasteiger partial charge in [0.05, 0.1) is 18.4 Å². The molecule has 0 spiro atoms. The van der Waals surface area contributed by atoms with E-state index in [2.05, 4.69) is 25.8 Å². The van der Waals surface area contributed by atoms with Gasteiger partial charge in [-0.25, -0.2) is 0 Å². The van der Waals surface area contributed by atoms with Crippen LogP contribution >= 0.6 is 11.6 Å². The summed E-state index contributed by atoms with van der Waals surface area (Å²) in [5.41, 5.74) is 2.50. The number of aromatic nitrogens is 3. The van der Waals surface area contributed by atoms with Gasteiger partial charge in [-0.1, -0.05) is 29.8 Å². The number of fused-ring (bicyclic) bond motifs is 1. The highest BCUT2D eigenvalue weighted by Crippen LogP contribution is 2.28. The van der Waals surface area contributed by atoms with Gasteiger partial charge in [0.1, 0.15) is 6.04 Å². The molecule has 3 amide bonds. The molecule has 196 valence electrons. The maximum Gasteiger partial charge on any atom is 0.256 e. The highest BCUT2D eigenvalue weighted by Gasteiger charge is 2.36. The number of hydrogen-bond donors (Lipinski definition) is 2. The summed E-state index contributed by atoms with van der Waals surface area (Å²) >= 11 is 6.13. The SMILES string of the molecule is COc1ccc(NC(=O)c2ccc(CN3C(=O)c4ccc(Cl)cc4NC(=O)C3Cc3ccccn3)cc2)nn1. The molecule has 1 aliphatic rings. The van der Waals surface area contributed by atoms with Gasteiger partial charge in [-0.05, 0) is 54.1 Å². The number of nitrogens with one attached hydrogen (secondary N) is 2. The molecule has 0 saturated carbocycles. The highest BCUT2D eigenvalue weighted by atomic mass is 35.5. The second-order valence-electron chi connectivity index (χ2n) is 8.77. The molecule has 11 heteroatoms. The van der Waals surface area contributed by atoms with Crippen LogP contribution in [0.25, 0.3) is 0 Å². The van der Waals surface area contributed by atoms with Crippen molar-refractivity contribution in [3.63, 3.8) is 0 Å². The van der Waals surface area contributed by atoms with E-state index in [-0.39, 0.29) is 36.5 Å². The van der Waals surface area contributed by atoms with Gasteiger partial charge >= 0.3 is 0 Å². The zero-order valence-electron chi connectivity index (χ0n) is 20.8. The molecule has 39 heavy (non-hydrogen) atoms. The van der Waals surface area contributed by atoms with Crippen molar-refractivity contribution in [3.8, 4) is 5.88 Å².